The van der Waals surface area contributed by atoms with Crippen LogP contribution in [0.25, 0.3) is 0 Å². The van der Waals surface area contributed by atoms with E-state index in [1.54, 1.807) is 7.05 Å². The van der Waals surface area contributed by atoms with E-state index in [4.69, 9.17) is 0 Å². The molecule has 0 aromatic heterocycles. The first-order valence-electron chi connectivity index (χ1n) is 5.78. The largest absolute Gasteiger partial charge is 0.310 e. The molecule has 0 radical (unpaired) electrons. The first-order chi connectivity index (χ1) is 8.58. The standard InChI is InChI=1S/C13H15N3O2/c1-9-3-5-10(6-4-9)16(2)13(18)11-7-8-12(17)15-14-11/h3-6H,7-8H2,1-2H3,(H,15,17). The molecule has 1 aliphatic heterocycles. The van der Waals surface area contributed by atoms with Crippen molar-refractivity contribution in [2.24, 2.45) is 5.10 Å². The Balaban J connectivity index is 2.14. The number of amides is 2. The minimum Gasteiger partial charge on any atom is -0.310 e. The maximum atomic E-state index is 12.1. The van der Waals surface area contributed by atoms with Crippen LogP contribution in [0.4, 0.5) is 5.69 Å². The highest BCUT2D eigenvalue weighted by molar-refractivity contribution is 6.44. The predicted octanol–water partition coefficient (Wildman–Crippen LogP) is 1.22. The van der Waals surface area contributed by atoms with E-state index < -0.39 is 0 Å². The molecule has 0 spiro atoms. The van der Waals surface area contributed by atoms with E-state index >= 15 is 0 Å². The number of hydrogen-bond acceptors (Lipinski definition) is 3. The van der Waals surface area contributed by atoms with Gasteiger partial charge in [0.15, 0.2) is 0 Å². The van der Waals surface area contributed by atoms with Crippen LogP contribution in [-0.2, 0) is 9.59 Å². The molecule has 1 heterocycles. The van der Waals surface area contributed by atoms with Crippen molar-refractivity contribution < 1.29 is 9.59 Å². The Morgan fingerprint density at radius 3 is 2.50 bits per heavy atom. The van der Waals surface area contributed by atoms with E-state index in [1.165, 1.54) is 4.90 Å². The fourth-order valence-electron chi connectivity index (χ4n) is 1.71. The van der Waals surface area contributed by atoms with Gasteiger partial charge in [-0.3, -0.25) is 9.59 Å². The van der Waals surface area contributed by atoms with Crippen molar-refractivity contribution >= 4 is 23.2 Å². The van der Waals surface area contributed by atoms with Gasteiger partial charge in [0, 0.05) is 25.6 Å². The molecule has 5 nitrogen and oxygen atoms in total. The Hall–Kier alpha value is -2.17. The number of hydrazone groups is 1. The lowest BCUT2D eigenvalue weighted by Gasteiger charge is -2.20. The molecule has 2 rings (SSSR count). The van der Waals surface area contributed by atoms with Gasteiger partial charge in [-0.15, -0.1) is 0 Å². The summed E-state index contributed by atoms with van der Waals surface area (Å²) in [5.41, 5.74) is 4.67. The molecule has 0 unspecified atom stereocenters. The molecule has 1 aliphatic rings. The lowest BCUT2D eigenvalue weighted by Crippen LogP contribution is -2.38. The highest BCUT2D eigenvalue weighted by Gasteiger charge is 2.22. The molecule has 18 heavy (non-hydrogen) atoms. The molecule has 94 valence electrons. The normalized spacial score (nSPS) is 14.8. The van der Waals surface area contributed by atoms with Crippen molar-refractivity contribution in [1.29, 1.82) is 0 Å². The monoisotopic (exact) mass is 245 g/mol. The first-order valence-corrected chi connectivity index (χ1v) is 5.78. The number of nitrogens with zero attached hydrogens (tertiary/aromatic N) is 2. The molecular weight excluding hydrogens is 230 g/mol. The second kappa shape index (κ2) is 5.00. The van der Waals surface area contributed by atoms with Gasteiger partial charge in [-0.2, -0.15) is 5.10 Å². The Morgan fingerprint density at radius 1 is 1.28 bits per heavy atom. The van der Waals surface area contributed by atoms with Crippen LogP contribution in [0.1, 0.15) is 18.4 Å². The number of hydrogen-bond donors (Lipinski definition) is 1. The highest BCUT2D eigenvalue weighted by atomic mass is 16.2. The van der Waals surface area contributed by atoms with Gasteiger partial charge in [-0.25, -0.2) is 5.43 Å². The number of nitrogens with one attached hydrogen (secondary N) is 1. The third kappa shape index (κ3) is 2.56. The maximum Gasteiger partial charge on any atom is 0.274 e. The van der Waals surface area contributed by atoms with Crippen molar-refractivity contribution in [3.8, 4) is 0 Å². The van der Waals surface area contributed by atoms with E-state index in [9.17, 15) is 9.59 Å². The average molecular weight is 245 g/mol. The first kappa shape index (κ1) is 12.3. The van der Waals surface area contributed by atoms with Crippen LogP contribution in [0.3, 0.4) is 0 Å². The van der Waals surface area contributed by atoms with Crippen LogP contribution >= 0.6 is 0 Å². The molecule has 1 aromatic rings. The van der Waals surface area contributed by atoms with E-state index in [0.29, 0.717) is 18.6 Å². The smallest absolute Gasteiger partial charge is 0.274 e. The van der Waals surface area contributed by atoms with E-state index in [2.05, 4.69) is 10.5 Å². The summed E-state index contributed by atoms with van der Waals surface area (Å²) < 4.78 is 0. The van der Waals surface area contributed by atoms with Crippen LogP contribution in [-0.4, -0.2) is 24.6 Å². The lowest BCUT2D eigenvalue weighted by atomic mass is 10.1. The molecule has 1 N–H and O–H groups in total. The van der Waals surface area contributed by atoms with Gasteiger partial charge in [0.2, 0.25) is 5.91 Å². The highest BCUT2D eigenvalue weighted by Crippen LogP contribution is 2.15. The molecule has 0 saturated carbocycles. The summed E-state index contributed by atoms with van der Waals surface area (Å²) in [6, 6.07) is 7.66. The third-order valence-electron chi connectivity index (χ3n) is 2.88. The minimum absolute atomic E-state index is 0.149. The van der Waals surface area contributed by atoms with E-state index in [0.717, 1.165) is 11.3 Å². The van der Waals surface area contributed by atoms with Crippen LogP contribution in [0.15, 0.2) is 29.4 Å². The Morgan fingerprint density at radius 2 is 1.94 bits per heavy atom. The van der Waals surface area contributed by atoms with Gasteiger partial charge < -0.3 is 4.90 Å². The number of anilines is 1. The van der Waals surface area contributed by atoms with Crippen molar-refractivity contribution in [2.75, 3.05) is 11.9 Å². The zero-order valence-electron chi connectivity index (χ0n) is 10.4. The van der Waals surface area contributed by atoms with Gasteiger partial charge in [0.05, 0.1) is 0 Å². The van der Waals surface area contributed by atoms with Crippen LogP contribution in [0.2, 0.25) is 0 Å². The van der Waals surface area contributed by atoms with Gasteiger partial charge in [-0.1, -0.05) is 17.7 Å². The van der Waals surface area contributed by atoms with Gasteiger partial charge in [-0.05, 0) is 19.1 Å². The molecule has 1 aromatic carbocycles. The van der Waals surface area contributed by atoms with Crippen molar-refractivity contribution in [3.63, 3.8) is 0 Å². The van der Waals surface area contributed by atoms with Crippen LogP contribution < -0.4 is 10.3 Å². The topological polar surface area (TPSA) is 61.8 Å². The van der Waals surface area contributed by atoms with Crippen LogP contribution in [0.5, 0.6) is 0 Å². The summed E-state index contributed by atoms with van der Waals surface area (Å²) in [6.07, 6.45) is 0.702. The summed E-state index contributed by atoms with van der Waals surface area (Å²) in [4.78, 5) is 24.6. The molecule has 5 heteroatoms. The van der Waals surface area contributed by atoms with Crippen molar-refractivity contribution in [1.82, 2.24) is 5.43 Å². The molecule has 0 saturated heterocycles. The number of benzene rings is 1. The quantitative estimate of drug-likeness (QED) is 0.851. The number of carbonyl (C=O) groups is 2. The van der Waals surface area contributed by atoms with Crippen LogP contribution in [0, 0.1) is 6.92 Å². The molecule has 0 aliphatic carbocycles. The summed E-state index contributed by atoms with van der Waals surface area (Å²) in [6.45, 7) is 1.99. The third-order valence-corrected chi connectivity index (χ3v) is 2.88. The van der Waals surface area contributed by atoms with Gasteiger partial charge >= 0.3 is 0 Å². The van der Waals surface area contributed by atoms with Crippen molar-refractivity contribution in [3.05, 3.63) is 29.8 Å². The summed E-state index contributed by atoms with van der Waals surface area (Å²) in [5.74, 6) is -0.330. The molecule has 2 amide bonds. The van der Waals surface area contributed by atoms with Gasteiger partial charge in [0.1, 0.15) is 5.71 Å². The number of aryl methyl sites for hydroxylation is 1. The Kier molecular flexibility index (Phi) is 3.41. The summed E-state index contributed by atoms with van der Waals surface area (Å²) in [5, 5.41) is 3.80. The summed E-state index contributed by atoms with van der Waals surface area (Å²) in [7, 11) is 1.70. The second-order valence-electron chi connectivity index (χ2n) is 4.29. The lowest BCUT2D eigenvalue weighted by molar-refractivity contribution is -0.121. The Bertz CT molecular complexity index is 505. The second-order valence-corrected chi connectivity index (χ2v) is 4.29. The zero-order chi connectivity index (χ0) is 13.1. The number of rotatable bonds is 2. The fourth-order valence-corrected chi connectivity index (χ4v) is 1.71. The summed E-state index contributed by atoms with van der Waals surface area (Å²) >= 11 is 0. The Labute approximate surface area is 105 Å². The average Bonchev–Trinajstić information content (AvgIpc) is 2.39. The number of carbonyl (C=O) groups excluding carboxylic acids is 2. The molecule has 0 atom stereocenters. The predicted molar refractivity (Wildman–Crippen MR) is 69.4 cm³/mol. The zero-order valence-corrected chi connectivity index (χ0v) is 10.4. The SMILES string of the molecule is Cc1ccc(N(C)C(=O)C2=NNC(=O)CC2)cc1. The van der Waals surface area contributed by atoms with Crippen molar-refractivity contribution in [2.45, 2.75) is 19.8 Å². The van der Waals surface area contributed by atoms with E-state index in [-0.39, 0.29) is 11.8 Å². The maximum absolute atomic E-state index is 12.1. The van der Waals surface area contributed by atoms with E-state index in [1.807, 2.05) is 31.2 Å². The fraction of sp³-hybridized carbons (Fsp3) is 0.308. The molecular formula is C13H15N3O2. The molecule has 0 fully saturated rings. The van der Waals surface area contributed by atoms with Gasteiger partial charge in [0.25, 0.3) is 5.91 Å². The molecule has 0 bridgehead atoms. The minimum atomic E-state index is -0.182.